The Bertz CT molecular complexity index is 1540. The Hall–Kier alpha value is -3.99. The lowest BCUT2D eigenvalue weighted by molar-refractivity contribution is -0.127. The number of hydrogen-bond acceptors (Lipinski definition) is 8. The average molecular weight is 615 g/mol. The number of halogens is 2. The molecule has 1 heterocycles. The summed E-state index contributed by atoms with van der Waals surface area (Å²) in [5, 5.41) is 2.72. The van der Waals surface area contributed by atoms with Crippen LogP contribution < -0.4 is 14.8 Å². The number of anilines is 1. The number of nitrogens with one attached hydrogen (secondary N) is 1. The fourth-order valence-electron chi connectivity index (χ4n) is 3.76. The molecule has 4 rings (SSSR count). The lowest BCUT2D eigenvalue weighted by Gasteiger charge is -2.13. The van der Waals surface area contributed by atoms with E-state index >= 15 is 0 Å². The molecule has 0 bridgehead atoms. The van der Waals surface area contributed by atoms with Gasteiger partial charge < -0.3 is 19.5 Å². The van der Waals surface area contributed by atoms with E-state index in [-0.39, 0.29) is 34.4 Å². The van der Waals surface area contributed by atoms with Crippen LogP contribution in [0.4, 0.5) is 10.5 Å². The first kappa shape index (κ1) is 30.0. The third-order valence-corrected chi connectivity index (χ3v) is 7.35. The minimum absolute atomic E-state index is 0.0797. The van der Waals surface area contributed by atoms with Crippen molar-refractivity contribution in [2.24, 2.45) is 0 Å². The van der Waals surface area contributed by atoms with Crippen molar-refractivity contribution in [3.05, 3.63) is 92.3 Å². The van der Waals surface area contributed by atoms with Crippen molar-refractivity contribution in [3.8, 4) is 11.5 Å². The zero-order valence-electron chi connectivity index (χ0n) is 21.9. The molecule has 0 aromatic heterocycles. The Morgan fingerprint density at radius 3 is 2.51 bits per heavy atom. The minimum atomic E-state index is -0.638. The molecule has 0 atom stereocenters. The molecule has 1 aliphatic heterocycles. The second-order valence-electron chi connectivity index (χ2n) is 8.52. The van der Waals surface area contributed by atoms with Gasteiger partial charge in [0.2, 0.25) is 5.91 Å². The van der Waals surface area contributed by atoms with Crippen molar-refractivity contribution in [1.82, 2.24) is 4.90 Å². The number of ether oxygens (including phenoxy) is 3. The SMILES string of the molecule is CCOC(=O)c1cc(NC(=O)CN2C(=O)S/C(=C/c3ccc(OCc4ccccc4Cl)c(OC)c3)C2=O)ccc1Cl. The number of rotatable bonds is 10. The summed E-state index contributed by atoms with van der Waals surface area (Å²) in [5.41, 5.74) is 1.74. The maximum atomic E-state index is 13.0. The van der Waals surface area contributed by atoms with E-state index in [4.69, 9.17) is 37.4 Å². The molecule has 1 saturated heterocycles. The minimum Gasteiger partial charge on any atom is -0.493 e. The van der Waals surface area contributed by atoms with Crippen LogP contribution in [0.3, 0.4) is 0 Å². The molecule has 0 unspecified atom stereocenters. The number of thioether (sulfide) groups is 1. The number of amides is 3. The van der Waals surface area contributed by atoms with Crippen LogP contribution in [0.1, 0.15) is 28.4 Å². The molecule has 0 radical (unpaired) electrons. The van der Waals surface area contributed by atoms with Crippen molar-refractivity contribution in [2.75, 3.05) is 25.6 Å². The molecule has 3 aromatic carbocycles. The Morgan fingerprint density at radius 2 is 1.78 bits per heavy atom. The Labute approximate surface area is 250 Å². The number of benzene rings is 3. The van der Waals surface area contributed by atoms with Crippen LogP contribution in [0.15, 0.2) is 65.6 Å². The predicted molar refractivity (Wildman–Crippen MR) is 157 cm³/mol. The summed E-state index contributed by atoms with van der Waals surface area (Å²) in [5.74, 6) is -0.984. The summed E-state index contributed by atoms with van der Waals surface area (Å²) in [6.07, 6.45) is 1.54. The lowest BCUT2D eigenvalue weighted by Crippen LogP contribution is -2.36. The number of carbonyl (C=O) groups is 4. The zero-order chi connectivity index (χ0) is 29.5. The van der Waals surface area contributed by atoms with Gasteiger partial charge in [0.1, 0.15) is 13.2 Å². The number of nitrogens with zero attached hydrogens (tertiary/aromatic N) is 1. The quantitative estimate of drug-likeness (QED) is 0.205. The highest BCUT2D eigenvalue weighted by Crippen LogP contribution is 2.35. The van der Waals surface area contributed by atoms with Gasteiger partial charge in [0, 0.05) is 16.3 Å². The van der Waals surface area contributed by atoms with Gasteiger partial charge in [-0.25, -0.2) is 4.79 Å². The van der Waals surface area contributed by atoms with Crippen molar-refractivity contribution < 1.29 is 33.4 Å². The van der Waals surface area contributed by atoms with Crippen molar-refractivity contribution in [1.29, 1.82) is 0 Å². The second-order valence-corrected chi connectivity index (χ2v) is 10.3. The van der Waals surface area contributed by atoms with Crippen LogP contribution in [0.2, 0.25) is 10.0 Å². The van der Waals surface area contributed by atoms with Gasteiger partial charge in [0.25, 0.3) is 11.1 Å². The van der Waals surface area contributed by atoms with Crippen molar-refractivity contribution in [2.45, 2.75) is 13.5 Å². The molecule has 212 valence electrons. The van der Waals surface area contributed by atoms with Gasteiger partial charge in [-0.2, -0.15) is 0 Å². The van der Waals surface area contributed by atoms with Crippen molar-refractivity contribution >= 4 is 69.8 Å². The molecule has 12 heteroatoms. The number of imide groups is 1. The molecule has 3 aromatic rings. The second kappa shape index (κ2) is 13.6. The highest BCUT2D eigenvalue weighted by Gasteiger charge is 2.36. The number of hydrogen-bond donors (Lipinski definition) is 1. The van der Waals surface area contributed by atoms with E-state index < -0.39 is 29.6 Å². The summed E-state index contributed by atoms with van der Waals surface area (Å²) in [6.45, 7) is 1.53. The fraction of sp³-hybridized carbons (Fsp3) is 0.172. The molecule has 3 amide bonds. The molecule has 0 saturated carbocycles. The Morgan fingerprint density at radius 1 is 1.00 bits per heavy atom. The van der Waals surface area contributed by atoms with Gasteiger partial charge in [0.15, 0.2) is 11.5 Å². The molecule has 0 aliphatic carbocycles. The van der Waals surface area contributed by atoms with Crippen molar-refractivity contribution in [3.63, 3.8) is 0 Å². The smallest absolute Gasteiger partial charge is 0.339 e. The van der Waals surface area contributed by atoms with Gasteiger partial charge >= 0.3 is 5.97 Å². The van der Waals surface area contributed by atoms with Crippen LogP contribution >= 0.6 is 35.0 Å². The normalized spacial score (nSPS) is 13.9. The summed E-state index contributed by atoms with van der Waals surface area (Å²) in [4.78, 5) is 51.2. The predicted octanol–water partition coefficient (Wildman–Crippen LogP) is 6.43. The first-order valence-corrected chi connectivity index (χ1v) is 13.8. The van der Waals surface area contributed by atoms with E-state index in [2.05, 4.69) is 5.32 Å². The Balaban J connectivity index is 1.42. The van der Waals surface area contributed by atoms with Crippen LogP contribution in [-0.2, 0) is 20.9 Å². The highest BCUT2D eigenvalue weighted by atomic mass is 35.5. The Kier molecular flexibility index (Phi) is 9.93. The average Bonchev–Trinajstić information content (AvgIpc) is 3.21. The van der Waals surface area contributed by atoms with E-state index in [0.717, 1.165) is 22.2 Å². The first-order valence-electron chi connectivity index (χ1n) is 12.3. The number of carbonyl (C=O) groups excluding carboxylic acids is 4. The monoisotopic (exact) mass is 614 g/mol. The molecular weight excluding hydrogens is 591 g/mol. The number of esters is 1. The molecule has 41 heavy (non-hydrogen) atoms. The fourth-order valence-corrected chi connectivity index (χ4v) is 4.99. The van der Waals surface area contributed by atoms with Crippen LogP contribution in [0, 0.1) is 0 Å². The lowest BCUT2D eigenvalue weighted by atomic mass is 10.1. The van der Waals surface area contributed by atoms with Crippen LogP contribution in [0.25, 0.3) is 6.08 Å². The zero-order valence-corrected chi connectivity index (χ0v) is 24.3. The number of methoxy groups -OCH3 is 1. The topological polar surface area (TPSA) is 111 Å². The van der Waals surface area contributed by atoms with Gasteiger partial charge in [-0.1, -0.05) is 47.5 Å². The standard InChI is InChI=1S/C29H24Cl2N2O7S/c1-3-39-28(36)20-14-19(9-10-22(20)31)32-26(34)15-33-27(35)25(41-29(33)37)13-17-8-11-23(24(12-17)38-2)40-16-18-6-4-5-7-21(18)30/h4-14H,3,15-16H2,1-2H3,(H,32,34)/b25-13+. The van der Waals surface area contributed by atoms with Gasteiger partial charge in [-0.3, -0.25) is 19.3 Å². The first-order chi connectivity index (χ1) is 19.7. The van der Waals surface area contributed by atoms with Crippen LogP contribution in [0.5, 0.6) is 11.5 Å². The molecule has 0 spiro atoms. The summed E-state index contributed by atoms with van der Waals surface area (Å²) < 4.78 is 16.3. The van der Waals surface area contributed by atoms with E-state index in [0.29, 0.717) is 22.1 Å². The summed E-state index contributed by atoms with van der Waals surface area (Å²) >= 11 is 13.0. The molecule has 9 nitrogen and oxygen atoms in total. The molecule has 1 N–H and O–H groups in total. The van der Waals surface area contributed by atoms with Crippen LogP contribution in [-0.4, -0.2) is 48.2 Å². The molecule has 1 fully saturated rings. The highest BCUT2D eigenvalue weighted by molar-refractivity contribution is 8.18. The van der Waals surface area contributed by atoms with E-state index in [1.807, 2.05) is 18.2 Å². The summed E-state index contributed by atoms with van der Waals surface area (Å²) in [6, 6.07) is 16.7. The largest absolute Gasteiger partial charge is 0.493 e. The van der Waals surface area contributed by atoms with Gasteiger partial charge in [-0.15, -0.1) is 0 Å². The summed E-state index contributed by atoms with van der Waals surface area (Å²) in [7, 11) is 1.49. The third-order valence-electron chi connectivity index (χ3n) is 5.75. The van der Waals surface area contributed by atoms with E-state index in [9.17, 15) is 19.2 Å². The van der Waals surface area contributed by atoms with E-state index in [1.165, 1.54) is 31.4 Å². The third kappa shape index (κ3) is 7.40. The van der Waals surface area contributed by atoms with Gasteiger partial charge in [-0.05, 0) is 66.7 Å². The molecule has 1 aliphatic rings. The van der Waals surface area contributed by atoms with E-state index in [1.54, 1.807) is 31.2 Å². The maximum absolute atomic E-state index is 13.0. The molecular formula is C29H24Cl2N2O7S. The maximum Gasteiger partial charge on any atom is 0.339 e. The van der Waals surface area contributed by atoms with Gasteiger partial charge in [0.05, 0.1) is 29.2 Å².